The van der Waals surface area contributed by atoms with Gasteiger partial charge in [-0.3, -0.25) is 14.4 Å². The number of carbonyl (C=O) groups excluding carboxylic acids is 3. The fourth-order valence-corrected chi connectivity index (χ4v) is 6.54. The SMILES string of the molecule is CN1C[C@@H](C(=O)N2CC3CN(CCC(NC(=O)C4CCCC4)c4ccccc4)CC3C2)CC1=O. The largest absolute Gasteiger partial charge is 0.349 e. The van der Waals surface area contributed by atoms with Crippen LogP contribution < -0.4 is 5.32 Å². The molecule has 1 aromatic rings. The van der Waals surface area contributed by atoms with E-state index in [2.05, 4.69) is 22.3 Å². The van der Waals surface area contributed by atoms with E-state index in [0.717, 1.165) is 64.8 Å². The third-order valence-corrected chi connectivity index (χ3v) is 8.54. The van der Waals surface area contributed by atoms with Crippen molar-refractivity contribution in [3.63, 3.8) is 0 Å². The van der Waals surface area contributed by atoms with Gasteiger partial charge in [0.25, 0.3) is 0 Å². The minimum atomic E-state index is -0.164. The van der Waals surface area contributed by atoms with Crippen LogP contribution in [0, 0.1) is 23.7 Å². The maximum Gasteiger partial charge on any atom is 0.228 e. The lowest BCUT2D eigenvalue weighted by atomic mass is 10.0. The normalized spacial score (nSPS) is 28.5. The number of hydrogen-bond acceptors (Lipinski definition) is 4. The zero-order valence-corrected chi connectivity index (χ0v) is 20.3. The fraction of sp³-hybridized carbons (Fsp3) is 0.667. The molecule has 1 aliphatic carbocycles. The maximum atomic E-state index is 12.9. The Balaban J connectivity index is 1.13. The van der Waals surface area contributed by atoms with Crippen molar-refractivity contribution in [2.24, 2.45) is 23.7 Å². The smallest absolute Gasteiger partial charge is 0.228 e. The summed E-state index contributed by atoms with van der Waals surface area (Å²) in [6, 6.07) is 10.4. The molecule has 1 N–H and O–H groups in total. The fourth-order valence-electron chi connectivity index (χ4n) is 6.54. The Morgan fingerprint density at radius 1 is 0.971 bits per heavy atom. The van der Waals surface area contributed by atoms with Gasteiger partial charge in [0.05, 0.1) is 12.0 Å². The van der Waals surface area contributed by atoms with Gasteiger partial charge >= 0.3 is 0 Å². The Bertz CT molecular complexity index is 886. The van der Waals surface area contributed by atoms with Crippen molar-refractivity contribution < 1.29 is 14.4 Å². The molecule has 0 bridgehead atoms. The van der Waals surface area contributed by atoms with Crippen molar-refractivity contribution >= 4 is 17.7 Å². The molecule has 3 amide bonds. The second-order valence-electron chi connectivity index (χ2n) is 10.9. The lowest BCUT2D eigenvalue weighted by Crippen LogP contribution is -2.38. The Hall–Kier alpha value is -2.41. The van der Waals surface area contributed by atoms with E-state index >= 15 is 0 Å². The van der Waals surface area contributed by atoms with E-state index in [4.69, 9.17) is 0 Å². The van der Waals surface area contributed by atoms with Crippen LogP contribution in [0.25, 0.3) is 0 Å². The van der Waals surface area contributed by atoms with Crippen LogP contribution >= 0.6 is 0 Å². The maximum absolute atomic E-state index is 12.9. The Labute approximate surface area is 202 Å². The van der Waals surface area contributed by atoms with Gasteiger partial charge in [-0.05, 0) is 36.7 Å². The quantitative estimate of drug-likeness (QED) is 0.669. The Morgan fingerprint density at radius 2 is 1.65 bits per heavy atom. The van der Waals surface area contributed by atoms with E-state index in [9.17, 15) is 14.4 Å². The first kappa shape index (κ1) is 23.3. The molecular weight excluding hydrogens is 428 g/mol. The molecule has 7 nitrogen and oxygen atoms in total. The summed E-state index contributed by atoms with van der Waals surface area (Å²) in [5.74, 6) is 1.51. The summed E-state index contributed by atoms with van der Waals surface area (Å²) in [6.07, 6.45) is 5.63. The summed E-state index contributed by atoms with van der Waals surface area (Å²) in [6.45, 7) is 5.16. The highest BCUT2D eigenvalue weighted by Gasteiger charge is 2.44. The zero-order chi connectivity index (χ0) is 23.7. The van der Waals surface area contributed by atoms with Crippen molar-refractivity contribution in [3.8, 4) is 0 Å². The molecule has 0 aromatic heterocycles. The zero-order valence-electron chi connectivity index (χ0n) is 20.3. The van der Waals surface area contributed by atoms with E-state index in [1.807, 2.05) is 23.1 Å². The number of carbonyl (C=O) groups is 3. The van der Waals surface area contributed by atoms with Crippen molar-refractivity contribution in [2.75, 3.05) is 46.3 Å². The summed E-state index contributed by atoms with van der Waals surface area (Å²) in [7, 11) is 1.78. The summed E-state index contributed by atoms with van der Waals surface area (Å²) >= 11 is 0. The van der Waals surface area contributed by atoms with Crippen LogP contribution in [0.2, 0.25) is 0 Å². The number of nitrogens with zero attached hydrogens (tertiary/aromatic N) is 3. The second kappa shape index (κ2) is 10.1. The molecule has 4 atom stereocenters. The van der Waals surface area contributed by atoms with Crippen LogP contribution in [0.3, 0.4) is 0 Å². The predicted molar refractivity (Wildman–Crippen MR) is 130 cm³/mol. The molecule has 7 heteroatoms. The molecule has 5 rings (SSSR count). The van der Waals surface area contributed by atoms with Crippen LogP contribution in [0.1, 0.15) is 50.1 Å². The Morgan fingerprint density at radius 3 is 2.26 bits per heavy atom. The van der Waals surface area contributed by atoms with E-state index in [1.165, 1.54) is 5.56 Å². The van der Waals surface area contributed by atoms with Gasteiger partial charge < -0.3 is 20.0 Å². The van der Waals surface area contributed by atoms with Crippen LogP contribution in [0.15, 0.2) is 30.3 Å². The monoisotopic (exact) mass is 466 g/mol. The first-order valence-corrected chi connectivity index (χ1v) is 13.1. The number of rotatable bonds is 7. The molecular formula is C27H38N4O3. The molecule has 34 heavy (non-hydrogen) atoms. The number of amides is 3. The van der Waals surface area contributed by atoms with Crippen molar-refractivity contribution in [1.29, 1.82) is 0 Å². The lowest BCUT2D eigenvalue weighted by molar-refractivity contribution is -0.135. The molecule has 1 aromatic carbocycles. The van der Waals surface area contributed by atoms with Gasteiger partial charge in [0, 0.05) is 58.7 Å². The van der Waals surface area contributed by atoms with Gasteiger partial charge in [-0.1, -0.05) is 43.2 Å². The van der Waals surface area contributed by atoms with Crippen LogP contribution in [0.5, 0.6) is 0 Å². The number of nitrogens with one attached hydrogen (secondary N) is 1. The first-order valence-electron chi connectivity index (χ1n) is 13.1. The molecule has 184 valence electrons. The average Bonchev–Trinajstić information content (AvgIpc) is 3.62. The highest BCUT2D eigenvalue weighted by atomic mass is 16.2. The number of hydrogen-bond donors (Lipinski definition) is 1. The number of fused-ring (bicyclic) bond motifs is 1. The summed E-state index contributed by atoms with van der Waals surface area (Å²) in [5.41, 5.74) is 1.18. The highest BCUT2D eigenvalue weighted by Crippen LogP contribution is 2.34. The minimum absolute atomic E-state index is 0.0460. The van der Waals surface area contributed by atoms with Gasteiger partial charge in [-0.2, -0.15) is 0 Å². The third-order valence-electron chi connectivity index (χ3n) is 8.54. The molecule has 0 spiro atoms. The summed E-state index contributed by atoms with van der Waals surface area (Å²) in [5, 5.41) is 3.36. The standard InChI is InChI=1S/C27H38N4O3/c1-29-14-21(13-25(29)32)27(34)31-17-22-15-30(16-23(22)18-31)12-11-24(19-7-3-2-4-8-19)28-26(33)20-9-5-6-10-20/h2-4,7-8,20-24H,5-6,9-18H2,1H3,(H,28,33)/t21-,22?,23?,24?/m0/s1. The lowest BCUT2D eigenvalue weighted by Gasteiger charge is -2.26. The number of likely N-dealkylation sites (tertiary alicyclic amines) is 3. The minimum Gasteiger partial charge on any atom is -0.349 e. The highest BCUT2D eigenvalue weighted by molar-refractivity contribution is 5.89. The van der Waals surface area contributed by atoms with E-state index in [0.29, 0.717) is 24.8 Å². The van der Waals surface area contributed by atoms with Gasteiger partial charge in [0.15, 0.2) is 0 Å². The molecule has 3 aliphatic heterocycles. The second-order valence-corrected chi connectivity index (χ2v) is 10.9. The van der Waals surface area contributed by atoms with Gasteiger partial charge in [-0.25, -0.2) is 0 Å². The van der Waals surface area contributed by atoms with Crippen molar-refractivity contribution in [2.45, 2.75) is 44.6 Å². The number of benzene rings is 1. The van der Waals surface area contributed by atoms with Crippen LogP contribution in [-0.2, 0) is 14.4 Å². The molecule has 1 saturated carbocycles. The average molecular weight is 467 g/mol. The van der Waals surface area contributed by atoms with Crippen molar-refractivity contribution in [1.82, 2.24) is 20.0 Å². The Kier molecular flexibility index (Phi) is 6.91. The van der Waals surface area contributed by atoms with Crippen LogP contribution in [0.4, 0.5) is 0 Å². The molecule has 4 aliphatic rings. The third kappa shape index (κ3) is 4.99. The first-order chi connectivity index (χ1) is 16.5. The van der Waals surface area contributed by atoms with E-state index in [-0.39, 0.29) is 35.6 Å². The molecule has 3 heterocycles. The van der Waals surface area contributed by atoms with Gasteiger partial charge in [0.1, 0.15) is 0 Å². The van der Waals surface area contributed by atoms with E-state index < -0.39 is 0 Å². The van der Waals surface area contributed by atoms with Crippen LogP contribution in [-0.4, -0.2) is 78.7 Å². The predicted octanol–water partition coefficient (Wildman–Crippen LogP) is 2.29. The summed E-state index contributed by atoms with van der Waals surface area (Å²) < 4.78 is 0. The summed E-state index contributed by atoms with van der Waals surface area (Å²) in [4.78, 5) is 43.8. The topological polar surface area (TPSA) is 73.0 Å². The molecule has 3 saturated heterocycles. The van der Waals surface area contributed by atoms with E-state index in [1.54, 1.807) is 11.9 Å². The molecule has 4 fully saturated rings. The van der Waals surface area contributed by atoms with Gasteiger partial charge in [-0.15, -0.1) is 0 Å². The van der Waals surface area contributed by atoms with Gasteiger partial charge in [0.2, 0.25) is 17.7 Å². The van der Waals surface area contributed by atoms with Crippen molar-refractivity contribution in [3.05, 3.63) is 35.9 Å². The molecule has 0 radical (unpaired) electrons. The molecule has 3 unspecified atom stereocenters.